The first-order chi connectivity index (χ1) is 9.62. The van der Waals surface area contributed by atoms with Crippen LogP contribution < -0.4 is 10.6 Å². The maximum absolute atomic E-state index is 11.7. The molecule has 4 heteroatoms. The number of amides is 2. The van der Waals surface area contributed by atoms with Crippen molar-refractivity contribution in [3.8, 4) is 0 Å². The van der Waals surface area contributed by atoms with E-state index in [4.69, 9.17) is 0 Å². The van der Waals surface area contributed by atoms with Crippen LogP contribution in [0.25, 0.3) is 0 Å². The third-order valence-electron chi connectivity index (χ3n) is 3.62. The summed E-state index contributed by atoms with van der Waals surface area (Å²) in [5.41, 5.74) is -0.160. The van der Waals surface area contributed by atoms with Crippen molar-refractivity contribution in [2.45, 2.75) is 85.6 Å². The summed E-state index contributed by atoms with van der Waals surface area (Å²) in [6, 6.07) is 0. The van der Waals surface area contributed by atoms with E-state index in [2.05, 4.69) is 38.3 Å². The summed E-state index contributed by atoms with van der Waals surface area (Å²) >= 11 is 0. The lowest BCUT2D eigenvalue weighted by molar-refractivity contribution is -0.123. The first-order valence-electron chi connectivity index (χ1n) is 8.19. The van der Waals surface area contributed by atoms with Crippen LogP contribution in [-0.2, 0) is 9.59 Å². The number of carbonyl (C=O) groups excluding carboxylic acids is 2. The summed E-state index contributed by atoms with van der Waals surface area (Å²) in [5, 5.41) is 6.08. The summed E-state index contributed by atoms with van der Waals surface area (Å²) < 4.78 is 0. The highest BCUT2D eigenvalue weighted by molar-refractivity contribution is 5.76. The maximum atomic E-state index is 11.7. The molecule has 0 aromatic heterocycles. The quantitative estimate of drug-likeness (QED) is 0.649. The van der Waals surface area contributed by atoms with Gasteiger partial charge < -0.3 is 10.6 Å². The molecule has 124 valence electrons. The van der Waals surface area contributed by atoms with Crippen LogP contribution in [0.1, 0.15) is 80.1 Å². The van der Waals surface area contributed by atoms with Crippen molar-refractivity contribution in [3.05, 3.63) is 0 Å². The Morgan fingerprint density at radius 3 is 1.90 bits per heavy atom. The largest absolute Gasteiger partial charge is 0.356 e. The zero-order chi connectivity index (χ0) is 16.5. The van der Waals surface area contributed by atoms with Crippen LogP contribution >= 0.6 is 0 Å². The highest BCUT2D eigenvalue weighted by atomic mass is 16.2. The SMILES string of the molecule is CCCC(=O)NCC(C)(C)CCC(C)(C)NC(=O)CCC. The van der Waals surface area contributed by atoms with Gasteiger partial charge in [0.15, 0.2) is 0 Å². The standard InChI is InChI=1S/C17H34N2O2/c1-7-9-14(20)18-13-16(3,4)11-12-17(5,6)19-15(21)10-8-2/h7-13H2,1-6H3,(H,18,20)(H,19,21). The van der Waals surface area contributed by atoms with Crippen molar-refractivity contribution in [1.82, 2.24) is 10.6 Å². The minimum absolute atomic E-state index is 0.0379. The van der Waals surface area contributed by atoms with Gasteiger partial charge in [-0.2, -0.15) is 0 Å². The van der Waals surface area contributed by atoms with Crippen LogP contribution in [0.15, 0.2) is 0 Å². The molecule has 0 aliphatic carbocycles. The predicted octanol–water partition coefficient (Wildman–Crippen LogP) is 3.40. The molecule has 0 saturated carbocycles. The fourth-order valence-electron chi connectivity index (χ4n) is 2.12. The summed E-state index contributed by atoms with van der Waals surface area (Å²) in [4.78, 5) is 23.2. The van der Waals surface area contributed by atoms with Gasteiger partial charge in [-0.25, -0.2) is 0 Å². The summed E-state index contributed by atoms with van der Waals surface area (Å²) in [5.74, 6) is 0.248. The number of rotatable bonds is 10. The summed E-state index contributed by atoms with van der Waals surface area (Å²) in [7, 11) is 0. The van der Waals surface area contributed by atoms with Gasteiger partial charge in [-0.3, -0.25) is 9.59 Å². The van der Waals surface area contributed by atoms with E-state index in [-0.39, 0.29) is 22.8 Å². The van der Waals surface area contributed by atoms with Crippen molar-refractivity contribution < 1.29 is 9.59 Å². The van der Waals surface area contributed by atoms with Gasteiger partial charge in [-0.1, -0.05) is 27.7 Å². The van der Waals surface area contributed by atoms with E-state index in [1.54, 1.807) is 0 Å². The maximum Gasteiger partial charge on any atom is 0.220 e. The van der Waals surface area contributed by atoms with Gasteiger partial charge in [-0.05, 0) is 44.9 Å². The van der Waals surface area contributed by atoms with Gasteiger partial charge in [-0.15, -0.1) is 0 Å². The molecule has 21 heavy (non-hydrogen) atoms. The first kappa shape index (κ1) is 19.9. The molecule has 0 rings (SSSR count). The van der Waals surface area contributed by atoms with E-state index in [9.17, 15) is 9.59 Å². The zero-order valence-electron chi connectivity index (χ0n) is 14.8. The smallest absolute Gasteiger partial charge is 0.220 e. The number of hydrogen-bond acceptors (Lipinski definition) is 2. The van der Waals surface area contributed by atoms with Gasteiger partial charge in [0.05, 0.1) is 0 Å². The van der Waals surface area contributed by atoms with E-state index in [0.717, 1.165) is 25.7 Å². The third kappa shape index (κ3) is 10.3. The van der Waals surface area contributed by atoms with Crippen molar-refractivity contribution in [3.63, 3.8) is 0 Å². The topological polar surface area (TPSA) is 58.2 Å². The van der Waals surface area contributed by atoms with Crippen molar-refractivity contribution in [2.75, 3.05) is 6.54 Å². The summed E-state index contributed by atoms with van der Waals surface area (Å²) in [6.45, 7) is 13.1. The Bertz CT molecular complexity index is 336. The van der Waals surface area contributed by atoms with E-state index in [0.29, 0.717) is 19.4 Å². The van der Waals surface area contributed by atoms with Crippen LogP contribution in [0.5, 0.6) is 0 Å². The van der Waals surface area contributed by atoms with Gasteiger partial charge in [0, 0.05) is 24.9 Å². The molecular weight excluding hydrogens is 264 g/mol. The average Bonchev–Trinajstić information content (AvgIpc) is 2.35. The highest BCUT2D eigenvalue weighted by Gasteiger charge is 2.25. The molecule has 0 radical (unpaired) electrons. The Morgan fingerprint density at radius 1 is 0.857 bits per heavy atom. The molecule has 0 atom stereocenters. The molecule has 0 aliphatic rings. The van der Waals surface area contributed by atoms with Crippen LogP contribution in [-0.4, -0.2) is 23.9 Å². The zero-order valence-corrected chi connectivity index (χ0v) is 14.8. The Balaban J connectivity index is 4.21. The van der Waals surface area contributed by atoms with E-state index >= 15 is 0 Å². The minimum atomic E-state index is -0.197. The second-order valence-electron chi connectivity index (χ2n) is 7.37. The Labute approximate surface area is 130 Å². The lowest BCUT2D eigenvalue weighted by atomic mass is 9.82. The first-order valence-corrected chi connectivity index (χ1v) is 8.19. The highest BCUT2D eigenvalue weighted by Crippen LogP contribution is 2.25. The third-order valence-corrected chi connectivity index (χ3v) is 3.62. The molecule has 0 saturated heterocycles. The summed E-state index contributed by atoms with van der Waals surface area (Å²) in [6.07, 6.45) is 4.78. The Morgan fingerprint density at radius 2 is 1.38 bits per heavy atom. The van der Waals surface area contributed by atoms with Gasteiger partial charge in [0.1, 0.15) is 0 Å². The molecule has 0 unspecified atom stereocenters. The monoisotopic (exact) mass is 298 g/mol. The van der Waals surface area contributed by atoms with Crippen molar-refractivity contribution in [2.24, 2.45) is 5.41 Å². The molecule has 0 aromatic rings. The minimum Gasteiger partial charge on any atom is -0.356 e. The molecule has 0 bridgehead atoms. The number of hydrogen-bond donors (Lipinski definition) is 2. The van der Waals surface area contributed by atoms with E-state index in [1.807, 2.05) is 13.8 Å². The number of nitrogens with one attached hydrogen (secondary N) is 2. The lowest BCUT2D eigenvalue weighted by Crippen LogP contribution is -2.44. The van der Waals surface area contributed by atoms with Crippen molar-refractivity contribution >= 4 is 11.8 Å². The molecule has 0 fully saturated rings. The van der Waals surface area contributed by atoms with Crippen molar-refractivity contribution in [1.29, 1.82) is 0 Å². The number of carbonyl (C=O) groups is 2. The predicted molar refractivity (Wildman–Crippen MR) is 88.1 cm³/mol. The molecule has 0 heterocycles. The van der Waals surface area contributed by atoms with Crippen LogP contribution in [0.2, 0.25) is 0 Å². The molecule has 0 aromatic carbocycles. The Kier molecular flexibility index (Phi) is 8.60. The molecule has 4 nitrogen and oxygen atoms in total. The van der Waals surface area contributed by atoms with Crippen LogP contribution in [0, 0.1) is 5.41 Å². The van der Waals surface area contributed by atoms with Gasteiger partial charge in [0.2, 0.25) is 11.8 Å². The van der Waals surface area contributed by atoms with E-state index < -0.39 is 0 Å². The van der Waals surface area contributed by atoms with Crippen LogP contribution in [0.4, 0.5) is 0 Å². The second kappa shape index (κ2) is 9.06. The molecule has 2 N–H and O–H groups in total. The van der Waals surface area contributed by atoms with Gasteiger partial charge in [0.25, 0.3) is 0 Å². The molecule has 2 amide bonds. The lowest BCUT2D eigenvalue weighted by Gasteiger charge is -2.32. The normalized spacial score (nSPS) is 12.1. The average molecular weight is 298 g/mol. The Hall–Kier alpha value is -1.06. The van der Waals surface area contributed by atoms with E-state index in [1.165, 1.54) is 0 Å². The fourth-order valence-corrected chi connectivity index (χ4v) is 2.12. The van der Waals surface area contributed by atoms with Crippen LogP contribution in [0.3, 0.4) is 0 Å². The molecule has 0 aliphatic heterocycles. The second-order valence-corrected chi connectivity index (χ2v) is 7.37. The van der Waals surface area contributed by atoms with Gasteiger partial charge >= 0.3 is 0 Å². The molecule has 0 spiro atoms. The molecular formula is C17H34N2O2. The fraction of sp³-hybridized carbons (Fsp3) is 0.882.